The largest absolute Gasteiger partial charge is 0.490 e. The fraction of sp³-hybridized carbons (Fsp3) is 0.533. The van der Waals surface area contributed by atoms with Gasteiger partial charge in [0.05, 0.1) is 30.4 Å². The van der Waals surface area contributed by atoms with Crippen LogP contribution in [0.2, 0.25) is 0 Å². The summed E-state index contributed by atoms with van der Waals surface area (Å²) in [7, 11) is 1.88. The number of urea groups is 1. The van der Waals surface area contributed by atoms with Gasteiger partial charge in [-0.15, -0.1) is 0 Å². The molecule has 2 aliphatic rings. The fourth-order valence-electron chi connectivity index (χ4n) is 4.96. The number of hydrogen-bond donors (Lipinski definition) is 4. The number of carbonyl (C=O) groups is 2. The molecule has 0 radical (unpaired) electrons. The summed E-state index contributed by atoms with van der Waals surface area (Å²) in [5.74, 6) is 1.32. The molecule has 0 aromatic heterocycles. The molecule has 2 heterocycles. The first-order chi connectivity index (χ1) is 19.8. The Labute approximate surface area is 241 Å². The van der Waals surface area contributed by atoms with Gasteiger partial charge in [-0.1, -0.05) is 6.92 Å². The third-order valence-electron chi connectivity index (χ3n) is 7.35. The van der Waals surface area contributed by atoms with Crippen LogP contribution in [0, 0.1) is 5.92 Å². The van der Waals surface area contributed by atoms with E-state index in [9.17, 15) is 14.7 Å². The molecule has 0 saturated heterocycles. The highest BCUT2D eigenvalue weighted by Crippen LogP contribution is 2.34. The smallest absolute Gasteiger partial charge is 0.323 e. The van der Waals surface area contributed by atoms with Crippen LogP contribution in [-0.2, 0) is 4.74 Å². The van der Waals surface area contributed by atoms with Crippen molar-refractivity contribution >= 4 is 23.3 Å². The van der Waals surface area contributed by atoms with Crippen molar-refractivity contribution in [1.29, 1.82) is 0 Å². The van der Waals surface area contributed by atoms with Gasteiger partial charge in [0.1, 0.15) is 5.75 Å². The van der Waals surface area contributed by atoms with Crippen molar-refractivity contribution in [1.82, 2.24) is 10.2 Å². The molecular formula is C30H42N4O7. The summed E-state index contributed by atoms with van der Waals surface area (Å²) in [6, 6.07) is 9.26. The van der Waals surface area contributed by atoms with Crippen LogP contribution in [0.4, 0.5) is 16.2 Å². The highest BCUT2D eigenvalue weighted by Gasteiger charge is 2.30. The summed E-state index contributed by atoms with van der Waals surface area (Å²) < 4.78 is 23.2. The Morgan fingerprint density at radius 2 is 1.76 bits per heavy atom. The topological polar surface area (TPSA) is 131 Å². The number of hydrogen-bond acceptors (Lipinski definition) is 8. The minimum Gasteiger partial charge on any atom is -0.490 e. The zero-order valence-electron chi connectivity index (χ0n) is 24.3. The van der Waals surface area contributed by atoms with Crippen molar-refractivity contribution in [2.75, 3.05) is 50.8 Å². The number of likely N-dealkylation sites (N-methyl/N-ethyl adjacent to an activating group) is 1. The zero-order chi connectivity index (χ0) is 29.4. The number of anilines is 2. The number of nitrogens with zero attached hydrogens (tertiary/aromatic N) is 1. The number of benzene rings is 2. The van der Waals surface area contributed by atoms with Gasteiger partial charge in [-0.25, -0.2) is 4.79 Å². The van der Waals surface area contributed by atoms with Crippen molar-refractivity contribution in [3.8, 4) is 17.2 Å². The van der Waals surface area contributed by atoms with Crippen LogP contribution in [-0.4, -0.2) is 80.3 Å². The average molecular weight is 571 g/mol. The molecule has 0 fully saturated rings. The molecule has 2 aromatic carbocycles. The maximum Gasteiger partial charge on any atom is 0.323 e. The van der Waals surface area contributed by atoms with Gasteiger partial charge < -0.3 is 44.9 Å². The molecule has 41 heavy (non-hydrogen) atoms. The van der Waals surface area contributed by atoms with Crippen LogP contribution in [0.1, 0.15) is 50.4 Å². The van der Waals surface area contributed by atoms with E-state index in [1.165, 1.54) is 0 Å². The normalized spacial score (nSPS) is 22.2. The summed E-state index contributed by atoms with van der Waals surface area (Å²) in [4.78, 5) is 28.6. The molecule has 0 bridgehead atoms. The number of amides is 3. The van der Waals surface area contributed by atoms with E-state index in [1.807, 2.05) is 20.9 Å². The number of nitrogens with one attached hydrogen (secondary N) is 3. The monoisotopic (exact) mass is 570 g/mol. The van der Waals surface area contributed by atoms with E-state index in [0.717, 1.165) is 19.3 Å². The van der Waals surface area contributed by atoms with Gasteiger partial charge in [0.15, 0.2) is 11.5 Å². The van der Waals surface area contributed by atoms with Gasteiger partial charge in [-0.05, 0) is 70.5 Å². The van der Waals surface area contributed by atoms with E-state index >= 15 is 0 Å². The number of fused-ring (bicyclic) bond motifs is 2. The number of aliphatic hydroxyl groups excluding tert-OH is 1. The van der Waals surface area contributed by atoms with Crippen molar-refractivity contribution in [3.05, 3.63) is 42.0 Å². The third-order valence-corrected chi connectivity index (χ3v) is 7.35. The molecule has 0 spiro atoms. The van der Waals surface area contributed by atoms with Crippen molar-refractivity contribution in [2.24, 2.45) is 5.92 Å². The molecule has 3 amide bonds. The van der Waals surface area contributed by atoms with E-state index in [1.54, 1.807) is 41.3 Å². The lowest BCUT2D eigenvalue weighted by atomic mass is 10.0. The van der Waals surface area contributed by atoms with Crippen LogP contribution in [0.25, 0.3) is 0 Å². The second-order valence-corrected chi connectivity index (χ2v) is 10.7. The quantitative estimate of drug-likeness (QED) is 0.409. The van der Waals surface area contributed by atoms with E-state index in [4.69, 9.17) is 18.9 Å². The summed E-state index contributed by atoms with van der Waals surface area (Å²) >= 11 is 0. The van der Waals surface area contributed by atoms with Crippen LogP contribution < -0.4 is 30.2 Å². The lowest BCUT2D eigenvalue weighted by Crippen LogP contribution is -2.47. The van der Waals surface area contributed by atoms with Gasteiger partial charge in [-0.3, -0.25) is 4.79 Å². The standard InChI is InChI=1S/C30H42N4O7/c1-19-16-34(20(2)17-35)29(36)24-13-22(32-30(37)33-23-9-11-26-27(14-23)40-18-39-26)8-10-25(24)41-21(3)7-5-6-12-38-28(19)15-31-4/h8-11,13-14,19-21,28,31,35H,5-7,12,15-18H2,1-4H3,(H2,32,33,37)/t19-,20+,21+,28+/m1/s1. The van der Waals surface area contributed by atoms with Crippen molar-refractivity contribution in [3.63, 3.8) is 0 Å². The van der Waals surface area contributed by atoms with Gasteiger partial charge in [0.2, 0.25) is 6.79 Å². The Kier molecular flexibility index (Phi) is 10.7. The summed E-state index contributed by atoms with van der Waals surface area (Å²) in [6.07, 6.45) is 2.42. The summed E-state index contributed by atoms with van der Waals surface area (Å²) in [5.41, 5.74) is 1.27. The Balaban J connectivity index is 1.60. The average Bonchev–Trinajstić information content (AvgIpc) is 3.42. The van der Waals surface area contributed by atoms with Gasteiger partial charge in [0, 0.05) is 43.1 Å². The highest BCUT2D eigenvalue weighted by atomic mass is 16.7. The van der Waals surface area contributed by atoms with E-state index in [2.05, 4.69) is 22.9 Å². The molecule has 4 atom stereocenters. The highest BCUT2D eigenvalue weighted by molar-refractivity contribution is 6.02. The van der Waals surface area contributed by atoms with E-state index < -0.39 is 12.1 Å². The summed E-state index contributed by atoms with van der Waals surface area (Å²) in [6.45, 7) is 7.45. The second-order valence-electron chi connectivity index (χ2n) is 10.7. The molecular weight excluding hydrogens is 528 g/mol. The van der Waals surface area contributed by atoms with Crippen LogP contribution in [0.3, 0.4) is 0 Å². The Morgan fingerprint density at radius 1 is 1.05 bits per heavy atom. The van der Waals surface area contributed by atoms with Gasteiger partial charge in [0.25, 0.3) is 5.91 Å². The number of aliphatic hydroxyl groups is 1. The predicted molar refractivity (Wildman–Crippen MR) is 156 cm³/mol. The maximum atomic E-state index is 14.1. The SMILES string of the molecule is CNC[C@@H]1OCCCC[C@H](C)Oc2ccc(NC(=O)Nc3ccc4c(c3)OCO4)cc2C(=O)N([C@@H](C)CO)C[C@H]1C. The predicted octanol–water partition coefficient (Wildman–Crippen LogP) is 4.07. The third kappa shape index (κ3) is 8.02. The fourth-order valence-corrected chi connectivity index (χ4v) is 4.96. The van der Waals surface area contributed by atoms with E-state index in [-0.39, 0.29) is 37.4 Å². The minimum atomic E-state index is -0.479. The Bertz CT molecular complexity index is 1190. The number of carbonyl (C=O) groups excluding carboxylic acids is 2. The van der Waals surface area contributed by atoms with Crippen molar-refractivity contribution < 1.29 is 33.6 Å². The number of rotatable bonds is 6. The zero-order valence-corrected chi connectivity index (χ0v) is 24.3. The number of ether oxygens (including phenoxy) is 4. The molecule has 0 unspecified atom stereocenters. The maximum absolute atomic E-state index is 14.1. The lowest BCUT2D eigenvalue weighted by Gasteiger charge is -2.34. The summed E-state index contributed by atoms with van der Waals surface area (Å²) in [5, 5.41) is 18.8. The van der Waals surface area contributed by atoms with Crippen LogP contribution in [0.5, 0.6) is 17.2 Å². The molecule has 11 nitrogen and oxygen atoms in total. The van der Waals surface area contributed by atoms with Crippen LogP contribution >= 0.6 is 0 Å². The molecule has 0 saturated carbocycles. The molecule has 224 valence electrons. The van der Waals surface area contributed by atoms with Crippen LogP contribution in [0.15, 0.2) is 36.4 Å². The molecule has 4 N–H and O–H groups in total. The van der Waals surface area contributed by atoms with Crippen molar-refractivity contribution in [2.45, 2.75) is 58.3 Å². The van der Waals surface area contributed by atoms with Gasteiger partial charge in [-0.2, -0.15) is 0 Å². The lowest BCUT2D eigenvalue weighted by molar-refractivity contribution is -0.000451. The second kappa shape index (κ2) is 14.4. The Hall–Kier alpha value is -3.54. The molecule has 11 heteroatoms. The first-order valence-corrected chi connectivity index (χ1v) is 14.3. The first-order valence-electron chi connectivity index (χ1n) is 14.3. The molecule has 2 aliphatic heterocycles. The Morgan fingerprint density at radius 3 is 2.49 bits per heavy atom. The minimum absolute atomic E-state index is 0.000388. The molecule has 0 aliphatic carbocycles. The molecule has 2 aromatic rings. The first kappa shape index (κ1) is 30.4. The van der Waals surface area contributed by atoms with Gasteiger partial charge >= 0.3 is 6.03 Å². The molecule has 4 rings (SSSR count). The van der Waals surface area contributed by atoms with E-state index in [0.29, 0.717) is 53.9 Å².